The molecule has 0 aromatic heterocycles. The van der Waals surface area contributed by atoms with Crippen LogP contribution in [0.3, 0.4) is 0 Å². The summed E-state index contributed by atoms with van der Waals surface area (Å²) in [7, 11) is 0. The largest absolute Gasteiger partial charge is 0.371 e. The number of halogens is 1. The second kappa shape index (κ2) is 5.86. The van der Waals surface area contributed by atoms with E-state index in [1.807, 2.05) is 18.2 Å². The molecular weight excluding hydrogens is 268 g/mol. The number of hydrogen-bond acceptors (Lipinski definition) is 2. The van der Waals surface area contributed by atoms with Crippen LogP contribution in [0.25, 0.3) is 0 Å². The summed E-state index contributed by atoms with van der Waals surface area (Å²) in [5.74, 6) is 0.598. The van der Waals surface area contributed by atoms with E-state index in [0.717, 1.165) is 18.1 Å². The quantitative estimate of drug-likeness (QED) is 0.930. The Balaban J connectivity index is 1.82. The topological polar surface area (TPSA) is 29.3 Å². The standard InChI is InChI=1S/C17H19ClN2/c18-16-7-6-14(11-19)17(10-16)20-9-8-15(12-20)13-4-2-1-3-5-13/h1-7,10,15H,8-9,11-12,19H2. The molecule has 0 bridgehead atoms. The van der Waals surface area contributed by atoms with Crippen molar-refractivity contribution in [2.75, 3.05) is 18.0 Å². The highest BCUT2D eigenvalue weighted by Gasteiger charge is 2.25. The van der Waals surface area contributed by atoms with Gasteiger partial charge in [-0.3, -0.25) is 0 Å². The highest BCUT2D eigenvalue weighted by molar-refractivity contribution is 6.30. The first-order valence-corrected chi connectivity index (χ1v) is 7.44. The van der Waals surface area contributed by atoms with E-state index in [4.69, 9.17) is 17.3 Å². The van der Waals surface area contributed by atoms with E-state index in [9.17, 15) is 0 Å². The third-order valence-electron chi connectivity index (χ3n) is 4.07. The van der Waals surface area contributed by atoms with E-state index in [2.05, 4.69) is 35.2 Å². The minimum Gasteiger partial charge on any atom is -0.371 e. The lowest BCUT2D eigenvalue weighted by Gasteiger charge is -2.22. The second-order valence-corrected chi connectivity index (χ2v) is 5.76. The van der Waals surface area contributed by atoms with Gasteiger partial charge in [0.2, 0.25) is 0 Å². The lowest BCUT2D eigenvalue weighted by molar-refractivity contribution is 0.775. The van der Waals surface area contributed by atoms with Crippen LogP contribution in [0, 0.1) is 0 Å². The molecule has 2 aromatic rings. The summed E-state index contributed by atoms with van der Waals surface area (Å²) in [5.41, 5.74) is 9.63. The first kappa shape index (κ1) is 13.5. The van der Waals surface area contributed by atoms with Crippen LogP contribution >= 0.6 is 11.6 Å². The Morgan fingerprint density at radius 2 is 1.95 bits per heavy atom. The van der Waals surface area contributed by atoms with Gasteiger partial charge in [-0.1, -0.05) is 48.0 Å². The molecular formula is C17H19ClN2. The molecule has 3 rings (SSSR count). The van der Waals surface area contributed by atoms with E-state index >= 15 is 0 Å². The molecule has 1 saturated heterocycles. The van der Waals surface area contributed by atoms with Crippen molar-refractivity contribution in [2.24, 2.45) is 5.73 Å². The molecule has 2 N–H and O–H groups in total. The number of nitrogens with two attached hydrogens (primary N) is 1. The highest BCUT2D eigenvalue weighted by Crippen LogP contribution is 2.33. The molecule has 2 nitrogen and oxygen atoms in total. The lowest BCUT2D eigenvalue weighted by Crippen LogP contribution is -2.21. The summed E-state index contributed by atoms with van der Waals surface area (Å²) in [4.78, 5) is 2.41. The molecule has 2 aromatic carbocycles. The Bertz CT molecular complexity index is 583. The van der Waals surface area contributed by atoms with Crippen molar-refractivity contribution in [2.45, 2.75) is 18.9 Å². The summed E-state index contributed by atoms with van der Waals surface area (Å²) in [5, 5.41) is 0.778. The Kier molecular flexibility index (Phi) is 3.95. The second-order valence-electron chi connectivity index (χ2n) is 5.32. The summed E-state index contributed by atoms with van der Waals surface area (Å²) >= 11 is 6.14. The summed E-state index contributed by atoms with van der Waals surface area (Å²) in [6, 6.07) is 16.7. The Morgan fingerprint density at radius 1 is 1.15 bits per heavy atom. The first-order valence-electron chi connectivity index (χ1n) is 7.06. The third-order valence-corrected chi connectivity index (χ3v) is 4.30. The average Bonchev–Trinajstić information content (AvgIpc) is 2.98. The number of nitrogens with zero attached hydrogens (tertiary/aromatic N) is 1. The number of hydrogen-bond donors (Lipinski definition) is 1. The van der Waals surface area contributed by atoms with Gasteiger partial charge in [0.1, 0.15) is 0 Å². The van der Waals surface area contributed by atoms with Gasteiger partial charge in [0.05, 0.1) is 0 Å². The van der Waals surface area contributed by atoms with E-state index in [1.54, 1.807) is 0 Å². The molecule has 1 unspecified atom stereocenters. The zero-order valence-corrected chi connectivity index (χ0v) is 12.2. The van der Waals surface area contributed by atoms with Crippen molar-refractivity contribution < 1.29 is 0 Å². The maximum absolute atomic E-state index is 6.14. The fourth-order valence-corrected chi connectivity index (χ4v) is 3.15. The van der Waals surface area contributed by atoms with Crippen LogP contribution in [-0.2, 0) is 6.54 Å². The molecule has 1 aliphatic rings. The monoisotopic (exact) mass is 286 g/mol. The minimum absolute atomic E-state index is 0.555. The van der Waals surface area contributed by atoms with Crippen LogP contribution < -0.4 is 10.6 Å². The number of rotatable bonds is 3. The molecule has 1 fully saturated rings. The summed E-state index contributed by atoms with van der Waals surface area (Å²) in [6.45, 7) is 2.66. The SMILES string of the molecule is NCc1ccc(Cl)cc1N1CCC(c2ccccc2)C1. The first-order chi connectivity index (χ1) is 9.78. The third kappa shape index (κ3) is 2.67. The van der Waals surface area contributed by atoms with Crippen LogP contribution in [0.1, 0.15) is 23.5 Å². The van der Waals surface area contributed by atoms with Gasteiger partial charge in [-0.15, -0.1) is 0 Å². The van der Waals surface area contributed by atoms with Crippen LogP contribution in [0.2, 0.25) is 5.02 Å². The van der Waals surface area contributed by atoms with Gasteiger partial charge >= 0.3 is 0 Å². The van der Waals surface area contributed by atoms with E-state index in [1.165, 1.54) is 23.2 Å². The van der Waals surface area contributed by atoms with Gasteiger partial charge in [-0.25, -0.2) is 0 Å². The molecule has 20 heavy (non-hydrogen) atoms. The molecule has 104 valence electrons. The fourth-order valence-electron chi connectivity index (χ4n) is 2.98. The smallest absolute Gasteiger partial charge is 0.0426 e. The molecule has 0 saturated carbocycles. The zero-order chi connectivity index (χ0) is 13.9. The molecule has 3 heteroatoms. The van der Waals surface area contributed by atoms with E-state index < -0.39 is 0 Å². The highest BCUT2D eigenvalue weighted by atomic mass is 35.5. The molecule has 0 aliphatic carbocycles. The van der Waals surface area contributed by atoms with Crippen LogP contribution in [0.4, 0.5) is 5.69 Å². The Hall–Kier alpha value is -1.51. The lowest BCUT2D eigenvalue weighted by atomic mass is 9.99. The zero-order valence-electron chi connectivity index (χ0n) is 11.4. The molecule has 0 spiro atoms. The summed E-state index contributed by atoms with van der Waals surface area (Å²) < 4.78 is 0. The predicted molar refractivity (Wildman–Crippen MR) is 85.4 cm³/mol. The normalized spacial score (nSPS) is 18.5. The number of benzene rings is 2. The van der Waals surface area contributed by atoms with Gasteiger partial charge in [0.15, 0.2) is 0 Å². The minimum atomic E-state index is 0.555. The van der Waals surface area contributed by atoms with Gasteiger partial charge in [-0.05, 0) is 29.7 Å². The average molecular weight is 287 g/mol. The van der Waals surface area contributed by atoms with Gasteiger partial charge in [0, 0.05) is 36.3 Å². The van der Waals surface area contributed by atoms with Crippen molar-refractivity contribution in [3.63, 3.8) is 0 Å². The van der Waals surface area contributed by atoms with Crippen LogP contribution in [0.5, 0.6) is 0 Å². The van der Waals surface area contributed by atoms with Crippen molar-refractivity contribution in [3.05, 3.63) is 64.7 Å². The maximum Gasteiger partial charge on any atom is 0.0426 e. The molecule has 0 radical (unpaired) electrons. The van der Waals surface area contributed by atoms with Crippen molar-refractivity contribution >= 4 is 17.3 Å². The van der Waals surface area contributed by atoms with Crippen molar-refractivity contribution in [3.8, 4) is 0 Å². The van der Waals surface area contributed by atoms with Gasteiger partial charge < -0.3 is 10.6 Å². The van der Waals surface area contributed by atoms with Crippen LogP contribution in [-0.4, -0.2) is 13.1 Å². The van der Waals surface area contributed by atoms with Crippen molar-refractivity contribution in [1.29, 1.82) is 0 Å². The van der Waals surface area contributed by atoms with Crippen LogP contribution in [0.15, 0.2) is 48.5 Å². The molecule has 0 amide bonds. The molecule has 1 heterocycles. The Labute approximate surface area is 125 Å². The summed E-state index contributed by atoms with van der Waals surface area (Å²) in [6.07, 6.45) is 1.18. The van der Waals surface area contributed by atoms with Crippen molar-refractivity contribution in [1.82, 2.24) is 0 Å². The van der Waals surface area contributed by atoms with Gasteiger partial charge in [-0.2, -0.15) is 0 Å². The van der Waals surface area contributed by atoms with Gasteiger partial charge in [0.25, 0.3) is 0 Å². The van der Waals surface area contributed by atoms with E-state index in [-0.39, 0.29) is 0 Å². The molecule has 1 atom stereocenters. The van der Waals surface area contributed by atoms with E-state index in [0.29, 0.717) is 12.5 Å². The molecule has 1 aliphatic heterocycles. The number of anilines is 1. The Morgan fingerprint density at radius 3 is 2.70 bits per heavy atom. The predicted octanol–water partition coefficient (Wildman–Crippen LogP) is 3.79. The maximum atomic E-state index is 6.14. The fraction of sp³-hybridized carbons (Fsp3) is 0.294.